The fourth-order valence-corrected chi connectivity index (χ4v) is 3.34. The maximum Gasteiger partial charge on any atom is 0.277 e. The lowest BCUT2D eigenvalue weighted by Gasteiger charge is -2.14. The normalized spacial score (nSPS) is 18.5. The minimum absolute atomic E-state index is 0.00548. The highest BCUT2D eigenvalue weighted by molar-refractivity contribution is 6.30. The van der Waals surface area contributed by atoms with Gasteiger partial charge in [0.2, 0.25) is 0 Å². The molecule has 0 aliphatic carbocycles. The van der Waals surface area contributed by atoms with Gasteiger partial charge in [0.1, 0.15) is 23.0 Å². The van der Waals surface area contributed by atoms with Crippen LogP contribution in [0.1, 0.15) is 31.2 Å². The Kier molecular flexibility index (Phi) is 4.76. The first-order valence-corrected chi connectivity index (χ1v) is 9.21. The summed E-state index contributed by atoms with van der Waals surface area (Å²) < 4.78 is 5.86. The predicted molar refractivity (Wildman–Crippen MR) is 104 cm³/mol. The van der Waals surface area contributed by atoms with E-state index in [1.807, 2.05) is 47.4 Å². The van der Waals surface area contributed by atoms with E-state index in [0.717, 1.165) is 43.6 Å². The highest BCUT2D eigenvalue weighted by atomic mass is 35.5. The number of hydrogen-bond acceptors (Lipinski definition) is 3. The quantitative estimate of drug-likeness (QED) is 0.693. The number of benzene rings is 2. The van der Waals surface area contributed by atoms with Gasteiger partial charge in [0, 0.05) is 18.0 Å². The Bertz CT molecular complexity index is 887. The molecule has 0 unspecified atom stereocenters. The van der Waals surface area contributed by atoms with Gasteiger partial charge in [-0.15, -0.1) is 0 Å². The number of halogens is 1. The van der Waals surface area contributed by atoms with Crippen LogP contribution < -0.4 is 4.74 Å². The smallest absolute Gasteiger partial charge is 0.277 e. The van der Waals surface area contributed by atoms with Crippen LogP contribution in [0, 0.1) is 0 Å². The molecule has 2 aliphatic heterocycles. The first-order valence-electron chi connectivity index (χ1n) is 8.84. The predicted octanol–water partition coefficient (Wildman–Crippen LogP) is 5.29. The summed E-state index contributed by atoms with van der Waals surface area (Å²) in [6, 6.07) is 14.8. The van der Waals surface area contributed by atoms with E-state index in [1.54, 1.807) is 12.1 Å². The molecule has 0 atom stereocenters. The van der Waals surface area contributed by atoms with Crippen molar-refractivity contribution < 1.29 is 9.53 Å². The highest BCUT2D eigenvalue weighted by Gasteiger charge is 2.30. The van der Waals surface area contributed by atoms with E-state index in [1.165, 1.54) is 0 Å². The van der Waals surface area contributed by atoms with Crippen molar-refractivity contribution >= 4 is 29.4 Å². The van der Waals surface area contributed by atoms with Crippen molar-refractivity contribution in [3.8, 4) is 11.5 Å². The van der Waals surface area contributed by atoms with E-state index in [9.17, 15) is 4.79 Å². The van der Waals surface area contributed by atoms with Crippen molar-refractivity contribution in [3.05, 3.63) is 64.8 Å². The van der Waals surface area contributed by atoms with Crippen molar-refractivity contribution in [2.24, 2.45) is 4.99 Å². The number of fused-ring (bicyclic) bond motifs is 1. The lowest BCUT2D eigenvalue weighted by Crippen LogP contribution is -2.31. The van der Waals surface area contributed by atoms with E-state index < -0.39 is 0 Å². The minimum Gasteiger partial charge on any atom is -0.457 e. The molecule has 132 valence electrons. The van der Waals surface area contributed by atoms with E-state index in [2.05, 4.69) is 4.99 Å². The van der Waals surface area contributed by atoms with E-state index in [-0.39, 0.29) is 5.91 Å². The number of rotatable bonds is 3. The van der Waals surface area contributed by atoms with Gasteiger partial charge in [-0.3, -0.25) is 9.69 Å². The van der Waals surface area contributed by atoms with Crippen LogP contribution in [0.4, 0.5) is 0 Å². The molecular weight excluding hydrogens is 348 g/mol. The molecule has 0 aromatic heterocycles. The second kappa shape index (κ2) is 7.34. The number of carbonyl (C=O) groups is 1. The van der Waals surface area contributed by atoms with Gasteiger partial charge in [0.15, 0.2) is 0 Å². The molecule has 2 aromatic carbocycles. The molecule has 1 fully saturated rings. The van der Waals surface area contributed by atoms with Crippen molar-refractivity contribution in [1.82, 2.24) is 4.90 Å². The molecule has 0 saturated carbocycles. The number of ether oxygens (including phenoxy) is 1. The lowest BCUT2D eigenvalue weighted by atomic mass is 10.1. The first kappa shape index (κ1) is 16.9. The van der Waals surface area contributed by atoms with Gasteiger partial charge in [0.05, 0.1) is 0 Å². The van der Waals surface area contributed by atoms with Crippen molar-refractivity contribution in [3.63, 3.8) is 0 Å². The van der Waals surface area contributed by atoms with E-state index in [4.69, 9.17) is 16.3 Å². The van der Waals surface area contributed by atoms with E-state index in [0.29, 0.717) is 22.2 Å². The Morgan fingerprint density at radius 2 is 1.88 bits per heavy atom. The number of hydrogen-bond donors (Lipinski definition) is 0. The largest absolute Gasteiger partial charge is 0.457 e. The van der Waals surface area contributed by atoms with Crippen LogP contribution in [0.3, 0.4) is 0 Å². The molecule has 5 heteroatoms. The van der Waals surface area contributed by atoms with Crippen molar-refractivity contribution in [1.29, 1.82) is 0 Å². The molecule has 0 bridgehead atoms. The van der Waals surface area contributed by atoms with E-state index >= 15 is 0 Å². The molecule has 0 N–H and O–H groups in total. The number of amidine groups is 1. The van der Waals surface area contributed by atoms with Crippen LogP contribution in [0.25, 0.3) is 6.08 Å². The Morgan fingerprint density at radius 1 is 1.04 bits per heavy atom. The molecular formula is C21H19ClN2O2. The molecule has 4 nitrogen and oxygen atoms in total. The zero-order valence-electron chi connectivity index (χ0n) is 14.3. The molecule has 1 saturated heterocycles. The molecule has 1 amide bonds. The summed E-state index contributed by atoms with van der Waals surface area (Å²) in [6.45, 7) is 0.773. The Labute approximate surface area is 157 Å². The van der Waals surface area contributed by atoms with Gasteiger partial charge in [-0.25, -0.2) is 4.99 Å². The molecule has 2 aliphatic rings. The van der Waals surface area contributed by atoms with Crippen LogP contribution in [0.15, 0.2) is 59.2 Å². The Balaban J connectivity index is 1.56. The zero-order chi connectivity index (χ0) is 17.9. The molecule has 0 radical (unpaired) electrons. The number of nitrogens with zero attached hydrogens (tertiary/aromatic N) is 2. The number of carbonyl (C=O) groups excluding carboxylic acids is 1. The summed E-state index contributed by atoms with van der Waals surface area (Å²) in [4.78, 5) is 19.0. The summed E-state index contributed by atoms with van der Waals surface area (Å²) in [5.74, 6) is 2.33. The fourth-order valence-electron chi connectivity index (χ4n) is 3.21. The maximum atomic E-state index is 12.6. The van der Waals surface area contributed by atoms with Gasteiger partial charge in [-0.1, -0.05) is 30.2 Å². The minimum atomic E-state index is 0.00548. The third-order valence-electron chi connectivity index (χ3n) is 4.52. The number of amides is 1. The fraction of sp³-hybridized carbons (Fsp3) is 0.238. The monoisotopic (exact) mass is 366 g/mol. The van der Waals surface area contributed by atoms with Crippen LogP contribution >= 0.6 is 11.6 Å². The standard InChI is InChI=1S/C21H19ClN2O2/c22-16-8-10-17(11-9-16)26-18-6-4-5-15(13-18)14-19-21(25)24-12-3-1-2-7-20(24)23-19/h4-6,8-11,13-14H,1-3,7,12H2. The summed E-state index contributed by atoms with van der Waals surface area (Å²) in [5, 5.41) is 0.668. The SMILES string of the molecule is O=C1C(=Cc2cccc(Oc3ccc(Cl)cc3)c2)N=C2CCCCCN12. The van der Waals surface area contributed by atoms with Gasteiger partial charge in [-0.05, 0) is 60.9 Å². The molecule has 4 rings (SSSR count). The third kappa shape index (κ3) is 3.65. The molecule has 2 heterocycles. The zero-order valence-corrected chi connectivity index (χ0v) is 15.1. The lowest BCUT2D eigenvalue weighted by molar-refractivity contribution is -0.122. The average molecular weight is 367 g/mol. The van der Waals surface area contributed by atoms with Crippen LogP contribution in [0.2, 0.25) is 5.02 Å². The maximum absolute atomic E-state index is 12.6. The van der Waals surface area contributed by atoms with Crippen molar-refractivity contribution in [2.75, 3.05) is 6.54 Å². The molecule has 0 spiro atoms. The topological polar surface area (TPSA) is 41.9 Å². The number of aliphatic imine (C=N–C) groups is 1. The third-order valence-corrected chi connectivity index (χ3v) is 4.77. The Morgan fingerprint density at radius 3 is 2.73 bits per heavy atom. The summed E-state index contributed by atoms with van der Waals surface area (Å²) in [5.41, 5.74) is 1.40. The highest BCUT2D eigenvalue weighted by Crippen LogP contribution is 2.27. The van der Waals surface area contributed by atoms with Crippen LogP contribution in [-0.2, 0) is 4.79 Å². The second-order valence-electron chi connectivity index (χ2n) is 6.45. The van der Waals surface area contributed by atoms with Gasteiger partial charge >= 0.3 is 0 Å². The molecule has 26 heavy (non-hydrogen) atoms. The van der Waals surface area contributed by atoms with Gasteiger partial charge in [0.25, 0.3) is 5.91 Å². The summed E-state index contributed by atoms with van der Waals surface area (Å²) in [7, 11) is 0. The van der Waals surface area contributed by atoms with Crippen LogP contribution in [-0.4, -0.2) is 23.2 Å². The molecule has 2 aromatic rings. The summed E-state index contributed by atoms with van der Waals surface area (Å²) >= 11 is 5.90. The average Bonchev–Trinajstić information content (AvgIpc) is 2.81. The van der Waals surface area contributed by atoms with Gasteiger partial charge < -0.3 is 4.74 Å². The van der Waals surface area contributed by atoms with Crippen LogP contribution in [0.5, 0.6) is 11.5 Å². The van der Waals surface area contributed by atoms with Crippen molar-refractivity contribution in [2.45, 2.75) is 25.7 Å². The Hall–Kier alpha value is -2.59. The summed E-state index contributed by atoms with van der Waals surface area (Å²) in [6.07, 6.45) is 6.01. The second-order valence-corrected chi connectivity index (χ2v) is 6.89. The first-order chi connectivity index (χ1) is 12.7. The van der Waals surface area contributed by atoms with Gasteiger partial charge in [-0.2, -0.15) is 0 Å².